The van der Waals surface area contributed by atoms with E-state index in [0.29, 0.717) is 6.42 Å². The normalized spacial score (nSPS) is 25.5. The molecule has 1 aliphatic rings. The first-order valence-corrected chi connectivity index (χ1v) is 11.0. The molecule has 0 bridgehead atoms. The highest BCUT2D eigenvalue weighted by Crippen LogP contribution is 2.33. The monoisotopic (exact) mass is 480 g/mol. The van der Waals surface area contributed by atoms with Gasteiger partial charge in [-0.15, -0.1) is 0 Å². The molecule has 0 aliphatic carbocycles. The molecule has 0 aromatic rings. The fourth-order valence-electron chi connectivity index (χ4n) is 3.42. The van der Waals surface area contributed by atoms with Crippen molar-refractivity contribution in [2.75, 3.05) is 19.8 Å². The highest BCUT2D eigenvalue weighted by molar-refractivity contribution is 6.44. The molecule has 11 heteroatoms. The van der Waals surface area contributed by atoms with Crippen molar-refractivity contribution in [1.82, 2.24) is 0 Å². The van der Waals surface area contributed by atoms with Gasteiger partial charge in [-0.2, -0.15) is 0 Å². The quantitative estimate of drug-likeness (QED) is 0.188. The molecule has 0 saturated carbocycles. The van der Waals surface area contributed by atoms with Gasteiger partial charge < -0.3 is 28.4 Å². The van der Waals surface area contributed by atoms with Gasteiger partial charge in [-0.25, -0.2) is 9.59 Å². The van der Waals surface area contributed by atoms with Crippen molar-refractivity contribution in [1.29, 1.82) is 0 Å². The molecule has 10 nitrogen and oxygen atoms in total. The zero-order chi connectivity index (χ0) is 24.5. The van der Waals surface area contributed by atoms with Crippen molar-refractivity contribution in [3.8, 4) is 0 Å². The van der Waals surface area contributed by atoms with Crippen LogP contribution in [0.3, 0.4) is 0 Å². The molecule has 1 heterocycles. The Hall–Kier alpha value is -1.91. The first-order chi connectivity index (χ1) is 15.0. The molecule has 1 fully saturated rings. The predicted molar refractivity (Wildman–Crippen MR) is 112 cm³/mol. The third kappa shape index (κ3) is 7.31. The minimum atomic E-state index is -2.11. The lowest BCUT2D eigenvalue weighted by atomic mass is 9.89. The van der Waals surface area contributed by atoms with Gasteiger partial charge >= 0.3 is 23.9 Å². The van der Waals surface area contributed by atoms with Crippen molar-refractivity contribution in [2.24, 2.45) is 5.92 Å². The van der Waals surface area contributed by atoms with Gasteiger partial charge in [0.25, 0.3) is 0 Å². The zero-order valence-corrected chi connectivity index (χ0v) is 20.1. The van der Waals surface area contributed by atoms with Gasteiger partial charge in [0, 0.05) is 26.2 Å². The predicted octanol–water partition coefficient (Wildman–Crippen LogP) is 2.13. The van der Waals surface area contributed by atoms with E-state index in [9.17, 15) is 19.2 Å². The summed E-state index contributed by atoms with van der Waals surface area (Å²) in [6.07, 6.45) is -3.04. The smallest absolute Gasteiger partial charge is 0.338 e. The summed E-state index contributed by atoms with van der Waals surface area (Å²) in [5, 5.41) is 0. The van der Waals surface area contributed by atoms with Crippen LogP contribution in [0.25, 0.3) is 0 Å². The molecule has 1 unspecified atom stereocenters. The molecule has 0 radical (unpaired) electrons. The third-order valence-corrected chi connectivity index (χ3v) is 5.44. The lowest BCUT2D eigenvalue weighted by Crippen LogP contribution is -2.57. The van der Waals surface area contributed by atoms with Crippen LogP contribution >= 0.6 is 11.6 Å². The molecular weight excluding hydrogens is 448 g/mol. The molecule has 1 rings (SSSR count). The van der Waals surface area contributed by atoms with E-state index < -0.39 is 47.2 Å². The summed E-state index contributed by atoms with van der Waals surface area (Å²) in [6.45, 7) is 9.15. The van der Waals surface area contributed by atoms with E-state index in [1.807, 2.05) is 13.8 Å². The number of hydrogen-bond donors (Lipinski definition) is 0. The van der Waals surface area contributed by atoms with E-state index in [1.54, 1.807) is 13.8 Å². The second kappa shape index (κ2) is 13.0. The van der Waals surface area contributed by atoms with Crippen LogP contribution < -0.4 is 0 Å². The number of ether oxygens (including phenoxy) is 6. The lowest BCUT2D eigenvalue weighted by molar-refractivity contribution is -0.290. The maximum absolute atomic E-state index is 12.3. The number of carbonyl (C=O) groups is 4. The molecule has 0 aromatic heterocycles. The zero-order valence-electron chi connectivity index (χ0n) is 19.4. The van der Waals surface area contributed by atoms with Crippen LogP contribution in [-0.4, -0.2) is 73.2 Å². The summed E-state index contributed by atoms with van der Waals surface area (Å²) in [5.41, 5.74) is 0. The SMILES string of the molecule is CCOC(=O)C(Cl)(CCOC1O[C@H](CC)[C@@H](C)[C@H](OC(C)=O)[C@H]1OC(C)=O)C(=O)OCC. The maximum atomic E-state index is 12.3. The third-order valence-electron chi connectivity index (χ3n) is 4.94. The van der Waals surface area contributed by atoms with E-state index in [4.69, 9.17) is 40.0 Å². The fraction of sp³-hybridized carbons (Fsp3) is 0.810. The van der Waals surface area contributed by atoms with E-state index in [1.165, 1.54) is 13.8 Å². The Bertz CT molecular complexity index is 649. The maximum Gasteiger partial charge on any atom is 0.338 e. The molecule has 1 saturated heterocycles. The van der Waals surface area contributed by atoms with Gasteiger partial charge in [-0.05, 0) is 20.3 Å². The topological polar surface area (TPSA) is 124 Å². The minimum absolute atomic E-state index is 0.0218. The van der Waals surface area contributed by atoms with Crippen molar-refractivity contribution < 1.29 is 47.6 Å². The van der Waals surface area contributed by atoms with E-state index in [2.05, 4.69) is 0 Å². The molecule has 184 valence electrons. The van der Waals surface area contributed by atoms with Crippen molar-refractivity contribution in [3.63, 3.8) is 0 Å². The highest BCUT2D eigenvalue weighted by atomic mass is 35.5. The number of rotatable bonds is 11. The largest absolute Gasteiger partial charge is 0.464 e. The molecule has 0 amide bonds. The number of halogens is 1. The summed E-state index contributed by atoms with van der Waals surface area (Å²) < 4.78 is 32.3. The Morgan fingerprint density at radius 3 is 1.84 bits per heavy atom. The number of alkyl halides is 1. The molecule has 32 heavy (non-hydrogen) atoms. The second-order valence-electron chi connectivity index (χ2n) is 7.32. The summed E-state index contributed by atoms with van der Waals surface area (Å²) in [6, 6.07) is 0. The Morgan fingerprint density at radius 1 is 0.906 bits per heavy atom. The first kappa shape index (κ1) is 28.1. The molecule has 5 atom stereocenters. The average Bonchev–Trinajstić information content (AvgIpc) is 2.71. The van der Waals surface area contributed by atoms with Gasteiger partial charge in [0.1, 0.15) is 6.10 Å². The molecular formula is C21H33ClO10. The van der Waals surface area contributed by atoms with E-state index in [-0.39, 0.29) is 38.3 Å². The van der Waals surface area contributed by atoms with Crippen molar-refractivity contribution in [2.45, 2.75) is 83.9 Å². The van der Waals surface area contributed by atoms with E-state index in [0.717, 1.165) is 0 Å². The Kier molecular flexibility index (Phi) is 11.4. The van der Waals surface area contributed by atoms with Gasteiger partial charge in [-0.1, -0.05) is 25.4 Å². The van der Waals surface area contributed by atoms with Gasteiger partial charge in [0.2, 0.25) is 4.87 Å². The fourth-order valence-corrected chi connectivity index (χ4v) is 3.60. The molecule has 0 aromatic carbocycles. The summed E-state index contributed by atoms with van der Waals surface area (Å²) in [4.78, 5) is 45.9. The highest BCUT2D eigenvalue weighted by Gasteiger charge is 2.50. The Morgan fingerprint density at radius 2 is 1.41 bits per heavy atom. The average molecular weight is 481 g/mol. The van der Waals surface area contributed by atoms with Crippen LogP contribution in [0.4, 0.5) is 0 Å². The molecule has 1 aliphatic heterocycles. The standard InChI is InChI=1S/C21H33ClO10/c1-7-15-12(4)16(30-13(5)23)17(31-14(6)24)18(32-15)29-11-10-21(22,19(25)27-8-2)20(26)28-9-3/h12,15-18H,7-11H2,1-6H3/t12-,15-,16+,17-,18?/m1/s1. The van der Waals surface area contributed by atoms with Crippen LogP contribution in [0, 0.1) is 5.92 Å². The number of hydrogen-bond acceptors (Lipinski definition) is 10. The van der Waals surface area contributed by atoms with Gasteiger partial charge in [0.05, 0.1) is 25.9 Å². The molecule has 0 N–H and O–H groups in total. The first-order valence-electron chi connectivity index (χ1n) is 10.7. The Balaban J connectivity index is 3.05. The van der Waals surface area contributed by atoms with Crippen LogP contribution in [-0.2, 0) is 47.6 Å². The van der Waals surface area contributed by atoms with Crippen molar-refractivity contribution >= 4 is 35.5 Å². The van der Waals surface area contributed by atoms with Crippen molar-refractivity contribution in [3.05, 3.63) is 0 Å². The van der Waals surface area contributed by atoms with Crippen LogP contribution in [0.2, 0.25) is 0 Å². The molecule has 0 spiro atoms. The summed E-state index contributed by atoms with van der Waals surface area (Å²) in [5.74, 6) is -3.35. The van der Waals surface area contributed by atoms with E-state index >= 15 is 0 Å². The lowest BCUT2D eigenvalue weighted by Gasteiger charge is -2.44. The van der Waals surface area contributed by atoms with Crippen LogP contribution in [0.5, 0.6) is 0 Å². The van der Waals surface area contributed by atoms with Crippen LogP contribution in [0.1, 0.15) is 54.4 Å². The van der Waals surface area contributed by atoms with Gasteiger partial charge in [-0.3, -0.25) is 9.59 Å². The number of esters is 4. The minimum Gasteiger partial charge on any atom is -0.464 e. The summed E-state index contributed by atoms with van der Waals surface area (Å²) in [7, 11) is 0. The second-order valence-corrected chi connectivity index (χ2v) is 7.97. The van der Waals surface area contributed by atoms with Gasteiger partial charge in [0.15, 0.2) is 12.4 Å². The van der Waals surface area contributed by atoms with Crippen LogP contribution in [0.15, 0.2) is 0 Å². The number of carbonyl (C=O) groups excluding carboxylic acids is 4. The summed E-state index contributed by atoms with van der Waals surface area (Å²) >= 11 is 6.29. The Labute approximate surface area is 193 Å².